The van der Waals surface area contributed by atoms with Gasteiger partial charge in [0.05, 0.1) is 13.2 Å². The van der Waals surface area contributed by atoms with Gasteiger partial charge >= 0.3 is 11.9 Å². The predicted molar refractivity (Wildman–Crippen MR) is 196 cm³/mol. The Bertz CT molecular complexity index is 891. The van der Waals surface area contributed by atoms with Crippen molar-refractivity contribution in [2.24, 2.45) is 23.7 Å². The molecule has 0 aromatic carbocycles. The number of epoxide rings is 2. The Morgan fingerprint density at radius 1 is 0.583 bits per heavy atom. The Kier molecular flexibility index (Phi) is 22.2. The van der Waals surface area contributed by atoms with Crippen molar-refractivity contribution in [3.63, 3.8) is 0 Å². The third-order valence-corrected chi connectivity index (χ3v) is 10.7. The van der Waals surface area contributed by atoms with E-state index < -0.39 is 0 Å². The van der Waals surface area contributed by atoms with Crippen LogP contribution in [0.3, 0.4) is 0 Å². The number of unbranched alkanes of at least 4 members (excludes halogenated alkanes) is 14. The number of carbonyl (C=O) groups is 2. The molecule has 6 heteroatoms. The summed E-state index contributed by atoms with van der Waals surface area (Å²) in [4.78, 5) is 23.9. The third kappa shape index (κ3) is 19.5. The fourth-order valence-corrected chi connectivity index (χ4v) is 7.50. The number of allylic oxidation sites excluding steroid dienone is 4. The molecule has 0 bridgehead atoms. The molecule has 1 aliphatic carbocycles. The lowest BCUT2D eigenvalue weighted by Crippen LogP contribution is -2.31. The normalized spacial score (nSPS) is 24.6. The van der Waals surface area contributed by atoms with Crippen LogP contribution in [0.1, 0.15) is 168 Å². The van der Waals surface area contributed by atoms with Gasteiger partial charge in [-0.1, -0.05) is 128 Å². The van der Waals surface area contributed by atoms with Gasteiger partial charge in [-0.3, -0.25) is 9.59 Å². The quantitative estimate of drug-likeness (QED) is 0.0316. The number of hydrogen-bond donors (Lipinski definition) is 0. The van der Waals surface area contributed by atoms with Crippen LogP contribution in [0.2, 0.25) is 0 Å². The summed E-state index contributed by atoms with van der Waals surface area (Å²) < 4.78 is 20.8. The molecule has 2 fully saturated rings. The molecule has 6 atom stereocenters. The maximum absolute atomic E-state index is 12.0. The summed E-state index contributed by atoms with van der Waals surface area (Å²) in [7, 11) is 0. The van der Waals surface area contributed by atoms with Gasteiger partial charge < -0.3 is 18.9 Å². The summed E-state index contributed by atoms with van der Waals surface area (Å²) in [5.41, 5.74) is 0. The van der Waals surface area contributed by atoms with Crippen molar-refractivity contribution in [1.29, 1.82) is 0 Å². The topological polar surface area (TPSA) is 77.7 Å². The summed E-state index contributed by atoms with van der Waals surface area (Å²) >= 11 is 0. The van der Waals surface area contributed by atoms with Crippen LogP contribution in [-0.4, -0.2) is 50.6 Å². The minimum absolute atomic E-state index is 0.0696. The highest BCUT2D eigenvalue weighted by atomic mass is 16.6. The highest BCUT2D eigenvalue weighted by molar-refractivity contribution is 5.69. The van der Waals surface area contributed by atoms with Crippen molar-refractivity contribution in [3.05, 3.63) is 24.3 Å². The van der Waals surface area contributed by atoms with Gasteiger partial charge in [0.25, 0.3) is 0 Å². The first-order valence-electron chi connectivity index (χ1n) is 20.5. The smallest absolute Gasteiger partial charge is 0.305 e. The van der Waals surface area contributed by atoms with Crippen LogP contribution in [0.4, 0.5) is 0 Å². The molecule has 3 aliphatic rings. The molecule has 0 amide bonds. The molecule has 6 unspecified atom stereocenters. The van der Waals surface area contributed by atoms with Crippen molar-refractivity contribution >= 4 is 11.9 Å². The molecule has 0 radical (unpaired) electrons. The zero-order valence-corrected chi connectivity index (χ0v) is 31.0. The Hall–Kier alpha value is -1.66. The minimum Gasteiger partial charge on any atom is -0.463 e. The second-order valence-electron chi connectivity index (χ2n) is 15.0. The van der Waals surface area contributed by atoms with Crippen molar-refractivity contribution < 1.29 is 28.5 Å². The van der Waals surface area contributed by atoms with Gasteiger partial charge in [0.15, 0.2) is 0 Å². The highest BCUT2D eigenvalue weighted by Gasteiger charge is 2.34. The fraction of sp³-hybridized carbons (Fsp3) is 0.857. The van der Waals surface area contributed by atoms with E-state index in [4.69, 9.17) is 18.9 Å². The summed E-state index contributed by atoms with van der Waals surface area (Å²) in [6.45, 7) is 6.92. The van der Waals surface area contributed by atoms with Gasteiger partial charge in [0, 0.05) is 12.8 Å². The largest absolute Gasteiger partial charge is 0.463 e. The molecule has 3 rings (SSSR count). The molecule has 0 aromatic rings. The van der Waals surface area contributed by atoms with E-state index in [0.717, 1.165) is 50.7 Å². The van der Waals surface area contributed by atoms with Gasteiger partial charge in [0.2, 0.25) is 0 Å². The molecule has 2 aliphatic heterocycles. The van der Waals surface area contributed by atoms with Crippen molar-refractivity contribution in [3.8, 4) is 0 Å². The molecule has 276 valence electrons. The molecule has 0 aromatic heterocycles. The lowest BCUT2D eigenvalue weighted by atomic mass is 9.65. The zero-order valence-electron chi connectivity index (χ0n) is 31.0. The molecular weight excluding hydrogens is 600 g/mol. The van der Waals surface area contributed by atoms with Crippen LogP contribution in [0.5, 0.6) is 0 Å². The number of rotatable bonds is 31. The Morgan fingerprint density at radius 2 is 1.04 bits per heavy atom. The van der Waals surface area contributed by atoms with E-state index >= 15 is 0 Å². The lowest BCUT2D eigenvalue weighted by Gasteiger charge is -2.40. The summed E-state index contributed by atoms with van der Waals surface area (Å²) in [5, 5.41) is 0. The van der Waals surface area contributed by atoms with Gasteiger partial charge in [-0.25, -0.2) is 0 Å². The van der Waals surface area contributed by atoms with Crippen molar-refractivity contribution in [1.82, 2.24) is 0 Å². The van der Waals surface area contributed by atoms with Crippen LogP contribution in [0, 0.1) is 23.7 Å². The summed E-state index contributed by atoms with van der Waals surface area (Å²) in [5.74, 6) is 2.76. The molecule has 0 N–H and O–H groups in total. The van der Waals surface area contributed by atoms with E-state index in [2.05, 4.69) is 38.2 Å². The second kappa shape index (κ2) is 26.2. The van der Waals surface area contributed by atoms with Gasteiger partial charge in [-0.05, 0) is 75.0 Å². The predicted octanol–water partition coefficient (Wildman–Crippen LogP) is 10.9. The first kappa shape index (κ1) is 40.8. The minimum atomic E-state index is -0.0719. The molecule has 0 saturated carbocycles. The SMILES string of the molecule is CCCCC/C=C/CC1C(CCCCCC)C=CC(CCCCCCCC(=O)OCC2CO2)C1CCCCCCCC(=O)OCC1CO1. The number of carbonyl (C=O) groups excluding carboxylic acids is 2. The number of hydrogen-bond acceptors (Lipinski definition) is 6. The van der Waals surface area contributed by atoms with E-state index in [1.165, 1.54) is 116 Å². The van der Waals surface area contributed by atoms with E-state index in [9.17, 15) is 9.59 Å². The van der Waals surface area contributed by atoms with E-state index in [1.54, 1.807) is 0 Å². The standard InChI is InChI=1S/C42H72O6/c1-3-5-7-9-13-19-25-39-35(23-17-8-6-4-2)29-30-36(24-18-12-10-15-21-27-41(43)47-33-37-31-45-37)40(39)26-20-14-11-16-22-28-42(44)48-34-38-32-46-38/h13,19,29-30,35-40H,3-12,14-18,20-28,31-34H2,1-2H3/b19-13+. The maximum Gasteiger partial charge on any atom is 0.305 e. The lowest BCUT2D eigenvalue weighted by molar-refractivity contribution is -0.145. The average molecular weight is 673 g/mol. The molecule has 6 nitrogen and oxygen atoms in total. The Balaban J connectivity index is 1.45. The highest BCUT2D eigenvalue weighted by Crippen LogP contribution is 2.44. The van der Waals surface area contributed by atoms with Gasteiger partial charge in [-0.2, -0.15) is 0 Å². The van der Waals surface area contributed by atoms with Crippen LogP contribution >= 0.6 is 0 Å². The summed E-state index contributed by atoms with van der Waals surface area (Å²) in [6.07, 6.45) is 38.9. The van der Waals surface area contributed by atoms with Crippen molar-refractivity contribution in [2.75, 3.05) is 26.4 Å². The zero-order chi connectivity index (χ0) is 34.1. The van der Waals surface area contributed by atoms with Crippen LogP contribution < -0.4 is 0 Å². The summed E-state index contributed by atoms with van der Waals surface area (Å²) in [6, 6.07) is 0. The maximum atomic E-state index is 12.0. The molecule has 2 heterocycles. The number of ether oxygens (including phenoxy) is 4. The molecule has 0 spiro atoms. The van der Waals surface area contributed by atoms with Crippen LogP contribution in [-0.2, 0) is 28.5 Å². The van der Waals surface area contributed by atoms with E-state index in [0.29, 0.717) is 37.9 Å². The van der Waals surface area contributed by atoms with Crippen molar-refractivity contribution in [2.45, 2.75) is 180 Å². The van der Waals surface area contributed by atoms with Crippen LogP contribution in [0.15, 0.2) is 24.3 Å². The monoisotopic (exact) mass is 673 g/mol. The Labute approximate surface area is 294 Å². The van der Waals surface area contributed by atoms with Gasteiger partial charge in [0.1, 0.15) is 25.4 Å². The molecule has 2 saturated heterocycles. The van der Waals surface area contributed by atoms with E-state index in [-0.39, 0.29) is 24.1 Å². The molecule has 48 heavy (non-hydrogen) atoms. The second-order valence-corrected chi connectivity index (χ2v) is 15.0. The molecular formula is C42H72O6. The number of esters is 2. The fourth-order valence-electron chi connectivity index (χ4n) is 7.50. The Morgan fingerprint density at radius 3 is 1.58 bits per heavy atom. The average Bonchev–Trinajstić information content (AvgIpc) is 4.02. The van der Waals surface area contributed by atoms with Crippen LogP contribution in [0.25, 0.3) is 0 Å². The van der Waals surface area contributed by atoms with Gasteiger partial charge in [-0.15, -0.1) is 0 Å². The first-order chi connectivity index (χ1) is 23.6. The first-order valence-corrected chi connectivity index (χ1v) is 20.5. The third-order valence-electron chi connectivity index (χ3n) is 10.7. The van der Waals surface area contributed by atoms with E-state index in [1.807, 2.05) is 0 Å².